The number of methoxy groups -OCH3 is 1. The Bertz CT molecular complexity index is 324. The lowest BCUT2D eigenvalue weighted by Gasteiger charge is -2.13. The highest BCUT2D eigenvalue weighted by atomic mass is 79.9. The van der Waals surface area contributed by atoms with Crippen molar-refractivity contribution < 1.29 is 9.84 Å². The second kappa shape index (κ2) is 6.13. The molecular weight excluding hydrogens is 256 g/mol. The molecule has 0 aliphatic heterocycles. The number of rotatable bonds is 5. The van der Waals surface area contributed by atoms with Crippen LogP contribution in [0.1, 0.15) is 24.5 Å². The van der Waals surface area contributed by atoms with E-state index < -0.39 is 0 Å². The summed E-state index contributed by atoms with van der Waals surface area (Å²) in [5.74, 6) is 0.967. The number of aryl methyl sites for hydroxylation is 2. The smallest absolute Gasteiger partial charge is 0.125 e. The summed E-state index contributed by atoms with van der Waals surface area (Å²) in [6.07, 6.45) is 2.58. The quantitative estimate of drug-likeness (QED) is 0.893. The molecule has 0 spiro atoms. The first kappa shape index (κ1) is 12.5. The third-order valence-electron chi connectivity index (χ3n) is 2.40. The Morgan fingerprint density at radius 3 is 2.53 bits per heavy atom. The normalized spacial score (nSPS) is 10.4. The summed E-state index contributed by atoms with van der Waals surface area (Å²) < 4.78 is 6.49. The van der Waals surface area contributed by atoms with Crippen LogP contribution in [0.5, 0.6) is 5.75 Å². The largest absolute Gasteiger partial charge is 0.496 e. The lowest BCUT2D eigenvalue weighted by molar-refractivity contribution is 0.287. The first-order chi connectivity index (χ1) is 7.22. The maximum absolute atomic E-state index is 8.83. The van der Waals surface area contributed by atoms with Crippen LogP contribution in [0.4, 0.5) is 0 Å². The van der Waals surface area contributed by atoms with Gasteiger partial charge in [0, 0.05) is 11.1 Å². The monoisotopic (exact) mass is 272 g/mol. The number of aliphatic hydroxyl groups excluding tert-OH is 1. The van der Waals surface area contributed by atoms with Gasteiger partial charge in [0.15, 0.2) is 0 Å². The summed E-state index contributed by atoms with van der Waals surface area (Å²) in [5.41, 5.74) is 2.37. The molecule has 15 heavy (non-hydrogen) atoms. The lowest BCUT2D eigenvalue weighted by atomic mass is 10.0. The fourth-order valence-electron chi connectivity index (χ4n) is 1.69. The molecule has 0 saturated heterocycles. The maximum Gasteiger partial charge on any atom is 0.125 e. The van der Waals surface area contributed by atoms with Crippen molar-refractivity contribution in [3.05, 3.63) is 27.7 Å². The summed E-state index contributed by atoms with van der Waals surface area (Å²) in [6.45, 7) is 2.33. The summed E-state index contributed by atoms with van der Waals surface area (Å²) in [7, 11) is 1.70. The number of hydrogen-bond donors (Lipinski definition) is 1. The third-order valence-corrected chi connectivity index (χ3v) is 2.85. The molecule has 3 heteroatoms. The Hall–Kier alpha value is -0.540. The molecule has 0 aliphatic carbocycles. The summed E-state index contributed by atoms with van der Waals surface area (Å²) in [6, 6.07) is 4.15. The van der Waals surface area contributed by atoms with Gasteiger partial charge in [-0.05, 0) is 42.5 Å². The van der Waals surface area contributed by atoms with Gasteiger partial charge in [0.25, 0.3) is 0 Å². The van der Waals surface area contributed by atoms with Crippen LogP contribution < -0.4 is 4.74 Å². The minimum Gasteiger partial charge on any atom is -0.496 e. The lowest BCUT2D eigenvalue weighted by Crippen LogP contribution is -1.98. The Balaban J connectivity index is 3.05. The number of hydrogen-bond acceptors (Lipinski definition) is 2. The van der Waals surface area contributed by atoms with Crippen LogP contribution in [0.2, 0.25) is 0 Å². The van der Waals surface area contributed by atoms with Crippen LogP contribution in [0.3, 0.4) is 0 Å². The Morgan fingerprint density at radius 1 is 1.33 bits per heavy atom. The van der Waals surface area contributed by atoms with Gasteiger partial charge in [0.05, 0.1) is 7.11 Å². The molecule has 0 atom stereocenters. The minimum atomic E-state index is 0.219. The standard InChI is InChI=1S/C12H17BrO2/c1-3-9-7-11(13)8-10(5-4-6-14)12(9)15-2/h7-8,14H,3-6H2,1-2H3. The van der Waals surface area contributed by atoms with Crippen molar-refractivity contribution in [2.24, 2.45) is 0 Å². The molecule has 1 aromatic carbocycles. The van der Waals surface area contributed by atoms with E-state index in [2.05, 4.69) is 35.0 Å². The molecule has 0 aromatic heterocycles. The van der Waals surface area contributed by atoms with Crippen LogP contribution >= 0.6 is 15.9 Å². The van der Waals surface area contributed by atoms with Gasteiger partial charge >= 0.3 is 0 Å². The van der Waals surface area contributed by atoms with E-state index in [1.54, 1.807) is 7.11 Å². The van der Waals surface area contributed by atoms with Gasteiger partial charge < -0.3 is 9.84 Å². The zero-order chi connectivity index (χ0) is 11.3. The Kier molecular flexibility index (Phi) is 5.12. The third kappa shape index (κ3) is 3.21. The van der Waals surface area contributed by atoms with E-state index in [4.69, 9.17) is 9.84 Å². The first-order valence-electron chi connectivity index (χ1n) is 5.19. The molecule has 0 saturated carbocycles. The van der Waals surface area contributed by atoms with Crippen molar-refractivity contribution in [2.45, 2.75) is 26.2 Å². The fraction of sp³-hybridized carbons (Fsp3) is 0.500. The number of ether oxygens (including phenoxy) is 1. The van der Waals surface area contributed by atoms with Gasteiger partial charge in [-0.2, -0.15) is 0 Å². The summed E-state index contributed by atoms with van der Waals surface area (Å²) in [5, 5.41) is 8.83. The average Bonchev–Trinajstić information content (AvgIpc) is 2.25. The van der Waals surface area contributed by atoms with Crippen LogP contribution in [0.15, 0.2) is 16.6 Å². The van der Waals surface area contributed by atoms with Crippen LogP contribution in [0.25, 0.3) is 0 Å². The van der Waals surface area contributed by atoms with Crippen molar-refractivity contribution in [3.8, 4) is 5.75 Å². The van der Waals surface area contributed by atoms with E-state index in [-0.39, 0.29) is 6.61 Å². The molecule has 84 valence electrons. The predicted molar refractivity (Wildman–Crippen MR) is 65.5 cm³/mol. The molecule has 0 aliphatic rings. The van der Waals surface area contributed by atoms with Gasteiger partial charge in [-0.1, -0.05) is 22.9 Å². The SMILES string of the molecule is CCc1cc(Br)cc(CCCO)c1OC. The zero-order valence-corrected chi connectivity index (χ0v) is 10.8. The van der Waals surface area contributed by atoms with Crippen LogP contribution in [0, 0.1) is 0 Å². The summed E-state index contributed by atoms with van der Waals surface area (Å²) in [4.78, 5) is 0. The number of aliphatic hydroxyl groups is 1. The molecule has 0 radical (unpaired) electrons. The Morgan fingerprint density at radius 2 is 2.00 bits per heavy atom. The van der Waals surface area contributed by atoms with E-state index >= 15 is 0 Å². The first-order valence-corrected chi connectivity index (χ1v) is 5.98. The number of halogens is 1. The second-order valence-electron chi connectivity index (χ2n) is 3.44. The zero-order valence-electron chi connectivity index (χ0n) is 9.22. The predicted octanol–water partition coefficient (Wildman–Crippen LogP) is 2.95. The maximum atomic E-state index is 8.83. The van der Waals surface area contributed by atoms with Gasteiger partial charge in [0.1, 0.15) is 5.75 Å². The van der Waals surface area contributed by atoms with E-state index in [1.807, 2.05) is 0 Å². The highest BCUT2D eigenvalue weighted by Crippen LogP contribution is 2.29. The molecule has 1 N–H and O–H groups in total. The van der Waals surface area contributed by atoms with E-state index in [0.29, 0.717) is 0 Å². The molecule has 2 nitrogen and oxygen atoms in total. The molecule has 0 amide bonds. The Labute approximate surface area is 99.4 Å². The molecule has 0 unspecified atom stereocenters. The van der Waals surface area contributed by atoms with E-state index in [9.17, 15) is 0 Å². The molecule has 0 heterocycles. The van der Waals surface area contributed by atoms with E-state index in [1.165, 1.54) is 5.56 Å². The summed E-state index contributed by atoms with van der Waals surface area (Å²) >= 11 is 3.49. The topological polar surface area (TPSA) is 29.5 Å². The highest BCUT2D eigenvalue weighted by Gasteiger charge is 2.09. The highest BCUT2D eigenvalue weighted by molar-refractivity contribution is 9.10. The number of benzene rings is 1. The average molecular weight is 273 g/mol. The molecule has 0 bridgehead atoms. The van der Waals surface area contributed by atoms with Crippen molar-refractivity contribution >= 4 is 15.9 Å². The minimum absolute atomic E-state index is 0.219. The molecule has 1 rings (SSSR count). The molecule has 0 fully saturated rings. The second-order valence-corrected chi connectivity index (χ2v) is 4.35. The van der Waals surface area contributed by atoms with Gasteiger partial charge in [-0.15, -0.1) is 0 Å². The van der Waals surface area contributed by atoms with Crippen molar-refractivity contribution in [3.63, 3.8) is 0 Å². The molecule has 1 aromatic rings. The van der Waals surface area contributed by atoms with Gasteiger partial charge in [0.2, 0.25) is 0 Å². The van der Waals surface area contributed by atoms with Crippen molar-refractivity contribution in [2.75, 3.05) is 13.7 Å². The van der Waals surface area contributed by atoms with Crippen molar-refractivity contribution in [1.82, 2.24) is 0 Å². The molecular formula is C12H17BrO2. The van der Waals surface area contributed by atoms with E-state index in [0.717, 1.165) is 35.0 Å². The van der Waals surface area contributed by atoms with Crippen LogP contribution in [-0.4, -0.2) is 18.8 Å². The fourth-order valence-corrected chi connectivity index (χ4v) is 2.24. The van der Waals surface area contributed by atoms with Crippen LogP contribution in [-0.2, 0) is 12.8 Å². The van der Waals surface area contributed by atoms with Crippen molar-refractivity contribution in [1.29, 1.82) is 0 Å². The van der Waals surface area contributed by atoms with Gasteiger partial charge in [-0.3, -0.25) is 0 Å². The van der Waals surface area contributed by atoms with Gasteiger partial charge in [-0.25, -0.2) is 0 Å².